The van der Waals surface area contributed by atoms with E-state index in [1.807, 2.05) is 24.3 Å². The molecule has 4 rings (SSSR count). The van der Waals surface area contributed by atoms with E-state index >= 15 is 0 Å². The quantitative estimate of drug-likeness (QED) is 0.574. The van der Waals surface area contributed by atoms with E-state index in [2.05, 4.69) is 20.3 Å². The highest BCUT2D eigenvalue weighted by Gasteiger charge is 2.09. The maximum absolute atomic E-state index is 12.9. The Hall–Kier alpha value is -3.41. The van der Waals surface area contributed by atoms with Crippen molar-refractivity contribution in [2.45, 2.75) is 0 Å². The monoisotopic (exact) mass is 318 g/mol. The number of amides is 1. The van der Waals surface area contributed by atoms with E-state index in [1.54, 1.807) is 18.2 Å². The molecule has 2 aromatic carbocycles. The van der Waals surface area contributed by atoms with Gasteiger partial charge in [-0.2, -0.15) is 0 Å². The molecule has 0 aliphatic heterocycles. The van der Waals surface area contributed by atoms with Crippen molar-refractivity contribution < 1.29 is 9.18 Å². The molecule has 0 atom stereocenters. The van der Waals surface area contributed by atoms with Crippen molar-refractivity contribution in [3.05, 3.63) is 72.2 Å². The van der Waals surface area contributed by atoms with Crippen molar-refractivity contribution >= 4 is 33.8 Å². The number of hydrogen-bond donors (Lipinski definition) is 1. The normalized spacial score (nSPS) is 10.9. The lowest BCUT2D eigenvalue weighted by molar-refractivity contribution is 0.102. The number of benzene rings is 2. The third-order valence-corrected chi connectivity index (χ3v) is 3.57. The standard InChI is InChI=1S/C18H11FN4O/c19-12-6-8-17(20-10-12)23-18(24)11-5-7-15-16(9-11)22-14-4-2-1-3-13(14)21-15/h1-10H,(H,20,23,24). The van der Waals surface area contributed by atoms with Crippen LogP contribution in [0.25, 0.3) is 22.1 Å². The fraction of sp³-hybridized carbons (Fsp3) is 0. The summed E-state index contributed by atoms with van der Waals surface area (Å²) in [5, 5.41) is 2.62. The Morgan fingerprint density at radius 2 is 1.58 bits per heavy atom. The summed E-state index contributed by atoms with van der Waals surface area (Å²) in [5.41, 5.74) is 3.34. The van der Waals surface area contributed by atoms with Gasteiger partial charge in [-0.1, -0.05) is 12.1 Å². The Morgan fingerprint density at radius 3 is 2.29 bits per heavy atom. The molecular weight excluding hydrogens is 307 g/mol. The summed E-state index contributed by atoms with van der Waals surface area (Å²) in [7, 11) is 0. The molecule has 0 bridgehead atoms. The fourth-order valence-electron chi connectivity index (χ4n) is 2.40. The molecule has 24 heavy (non-hydrogen) atoms. The Morgan fingerprint density at radius 1 is 0.875 bits per heavy atom. The van der Waals surface area contributed by atoms with Gasteiger partial charge in [0.1, 0.15) is 11.6 Å². The molecule has 0 saturated heterocycles. The van der Waals surface area contributed by atoms with Crippen LogP contribution in [0.4, 0.5) is 10.2 Å². The van der Waals surface area contributed by atoms with Crippen LogP contribution in [0, 0.1) is 5.82 Å². The second kappa shape index (κ2) is 5.66. The first-order valence-corrected chi connectivity index (χ1v) is 7.28. The van der Waals surface area contributed by atoms with E-state index in [0.717, 1.165) is 17.2 Å². The molecule has 0 aliphatic rings. The predicted octanol–water partition coefficient (Wildman–Crippen LogP) is 3.57. The first-order valence-electron chi connectivity index (χ1n) is 7.28. The van der Waals surface area contributed by atoms with E-state index in [0.29, 0.717) is 16.6 Å². The van der Waals surface area contributed by atoms with Crippen LogP contribution in [0.15, 0.2) is 60.8 Å². The van der Waals surface area contributed by atoms with Crippen LogP contribution in [-0.2, 0) is 0 Å². The van der Waals surface area contributed by atoms with Crippen molar-refractivity contribution in [3.8, 4) is 0 Å². The Labute approximate surface area is 136 Å². The maximum Gasteiger partial charge on any atom is 0.256 e. The van der Waals surface area contributed by atoms with Crippen molar-refractivity contribution in [2.24, 2.45) is 0 Å². The molecule has 1 amide bonds. The summed E-state index contributed by atoms with van der Waals surface area (Å²) in [5.74, 6) is -0.516. The van der Waals surface area contributed by atoms with Gasteiger partial charge >= 0.3 is 0 Å². The number of rotatable bonds is 2. The van der Waals surface area contributed by atoms with E-state index in [4.69, 9.17) is 0 Å². The summed E-state index contributed by atoms with van der Waals surface area (Å²) < 4.78 is 12.9. The van der Waals surface area contributed by atoms with Crippen LogP contribution in [-0.4, -0.2) is 20.9 Å². The number of carbonyl (C=O) groups is 1. The maximum atomic E-state index is 12.9. The van der Waals surface area contributed by atoms with Crippen LogP contribution in [0.1, 0.15) is 10.4 Å². The van der Waals surface area contributed by atoms with Crippen LogP contribution < -0.4 is 5.32 Å². The van der Waals surface area contributed by atoms with Crippen molar-refractivity contribution in [2.75, 3.05) is 5.32 Å². The molecule has 6 heteroatoms. The minimum Gasteiger partial charge on any atom is -0.307 e. The fourth-order valence-corrected chi connectivity index (χ4v) is 2.40. The molecule has 2 aromatic heterocycles. The summed E-state index contributed by atoms with van der Waals surface area (Å²) in [6.45, 7) is 0. The molecule has 0 unspecified atom stereocenters. The highest BCUT2D eigenvalue weighted by atomic mass is 19.1. The molecule has 0 aliphatic carbocycles. The minimum atomic E-state index is -0.458. The molecule has 4 aromatic rings. The molecule has 2 heterocycles. The average Bonchev–Trinajstić information content (AvgIpc) is 2.61. The summed E-state index contributed by atoms with van der Waals surface area (Å²) in [4.78, 5) is 25.2. The average molecular weight is 318 g/mol. The number of nitrogens with zero attached hydrogens (tertiary/aromatic N) is 3. The van der Waals surface area contributed by atoms with E-state index in [1.165, 1.54) is 12.1 Å². The van der Waals surface area contributed by atoms with Crippen molar-refractivity contribution in [3.63, 3.8) is 0 Å². The van der Waals surface area contributed by atoms with Gasteiger partial charge in [-0.25, -0.2) is 19.3 Å². The SMILES string of the molecule is O=C(Nc1ccc(F)cn1)c1ccc2nc3ccccc3nc2c1. The topological polar surface area (TPSA) is 67.8 Å². The first-order chi connectivity index (χ1) is 11.7. The number of fused-ring (bicyclic) bond motifs is 2. The first kappa shape index (κ1) is 14.2. The van der Waals surface area contributed by atoms with Crippen LogP contribution in [0.2, 0.25) is 0 Å². The lowest BCUT2D eigenvalue weighted by atomic mass is 10.1. The number of para-hydroxylation sites is 2. The van der Waals surface area contributed by atoms with Crippen molar-refractivity contribution in [1.29, 1.82) is 0 Å². The zero-order valence-corrected chi connectivity index (χ0v) is 12.4. The van der Waals surface area contributed by atoms with Gasteiger partial charge in [-0.05, 0) is 42.5 Å². The van der Waals surface area contributed by atoms with Crippen LogP contribution >= 0.6 is 0 Å². The van der Waals surface area contributed by atoms with Gasteiger partial charge in [0.2, 0.25) is 0 Å². The summed E-state index contributed by atoms with van der Waals surface area (Å²) in [6.07, 6.45) is 1.05. The van der Waals surface area contributed by atoms with Gasteiger partial charge in [0.25, 0.3) is 5.91 Å². The molecule has 0 saturated carbocycles. The molecular formula is C18H11FN4O. The third-order valence-electron chi connectivity index (χ3n) is 3.57. The number of aromatic nitrogens is 3. The van der Waals surface area contributed by atoms with Gasteiger partial charge in [0.05, 0.1) is 28.3 Å². The van der Waals surface area contributed by atoms with Crippen LogP contribution in [0.5, 0.6) is 0 Å². The van der Waals surface area contributed by atoms with E-state index in [9.17, 15) is 9.18 Å². The summed E-state index contributed by atoms with van der Waals surface area (Å²) in [6, 6.07) is 15.3. The molecule has 1 N–H and O–H groups in total. The molecule has 0 spiro atoms. The Balaban J connectivity index is 1.69. The van der Waals surface area contributed by atoms with Gasteiger partial charge in [0.15, 0.2) is 0 Å². The number of pyridine rings is 1. The largest absolute Gasteiger partial charge is 0.307 e. The predicted molar refractivity (Wildman–Crippen MR) is 89.2 cm³/mol. The lowest BCUT2D eigenvalue weighted by Crippen LogP contribution is -2.13. The third kappa shape index (κ3) is 2.65. The second-order valence-electron chi connectivity index (χ2n) is 5.23. The molecule has 0 fully saturated rings. The molecule has 0 radical (unpaired) electrons. The highest BCUT2D eigenvalue weighted by molar-refractivity contribution is 6.05. The lowest BCUT2D eigenvalue weighted by Gasteiger charge is -2.06. The Kier molecular flexibility index (Phi) is 3.35. The summed E-state index contributed by atoms with van der Waals surface area (Å²) >= 11 is 0. The van der Waals surface area contributed by atoms with Gasteiger partial charge in [0, 0.05) is 5.56 Å². The van der Waals surface area contributed by atoms with E-state index < -0.39 is 5.82 Å². The second-order valence-corrected chi connectivity index (χ2v) is 5.23. The smallest absolute Gasteiger partial charge is 0.256 e. The zero-order chi connectivity index (χ0) is 16.5. The number of hydrogen-bond acceptors (Lipinski definition) is 4. The highest BCUT2D eigenvalue weighted by Crippen LogP contribution is 2.18. The van der Waals surface area contributed by atoms with E-state index in [-0.39, 0.29) is 11.7 Å². The number of halogens is 1. The number of anilines is 1. The minimum absolute atomic E-state index is 0.283. The van der Waals surface area contributed by atoms with Gasteiger partial charge in [-0.15, -0.1) is 0 Å². The van der Waals surface area contributed by atoms with Crippen LogP contribution in [0.3, 0.4) is 0 Å². The van der Waals surface area contributed by atoms with Gasteiger partial charge in [-0.3, -0.25) is 4.79 Å². The number of carbonyl (C=O) groups excluding carboxylic acids is 1. The molecule has 5 nitrogen and oxygen atoms in total. The zero-order valence-electron chi connectivity index (χ0n) is 12.4. The van der Waals surface area contributed by atoms with Gasteiger partial charge < -0.3 is 5.32 Å². The number of nitrogens with one attached hydrogen (secondary N) is 1. The Bertz CT molecular complexity index is 1060. The van der Waals surface area contributed by atoms with Crippen molar-refractivity contribution in [1.82, 2.24) is 15.0 Å². The molecule has 116 valence electrons.